The number of nitrogens with zero attached hydrogens (tertiary/aromatic N) is 1. The summed E-state index contributed by atoms with van der Waals surface area (Å²) < 4.78 is 14.3. The second-order valence-corrected chi connectivity index (χ2v) is 3.33. The summed E-state index contributed by atoms with van der Waals surface area (Å²) in [6, 6.07) is 1.13. The highest BCUT2D eigenvalue weighted by atomic mass is 19.1. The Hall–Kier alpha value is -1.69. The van der Waals surface area contributed by atoms with Crippen LogP contribution in [0.4, 0.5) is 4.39 Å². The standard InChI is InChI=1S/C9H9FN2O3/c10-8-5(1-2-6(8)13)12-4-3-7(14)11-9(12)15/h3-4,6,13H,1-2H2,(H,11,14,15)/t6-/m1/s1. The Morgan fingerprint density at radius 3 is 2.80 bits per heavy atom. The first-order valence-electron chi connectivity index (χ1n) is 4.48. The smallest absolute Gasteiger partial charge is 0.332 e. The number of rotatable bonds is 1. The largest absolute Gasteiger partial charge is 0.386 e. The molecule has 0 saturated heterocycles. The average Bonchev–Trinajstić information content (AvgIpc) is 2.49. The maximum Gasteiger partial charge on any atom is 0.332 e. The summed E-state index contributed by atoms with van der Waals surface area (Å²) in [5.74, 6) is -0.704. The maximum absolute atomic E-state index is 13.3. The highest BCUT2D eigenvalue weighted by molar-refractivity contribution is 5.52. The molecule has 5 nitrogen and oxygen atoms in total. The quantitative estimate of drug-likeness (QED) is 0.678. The zero-order chi connectivity index (χ0) is 11.0. The number of aromatic amines is 1. The van der Waals surface area contributed by atoms with E-state index in [2.05, 4.69) is 0 Å². The molecule has 1 atom stereocenters. The van der Waals surface area contributed by atoms with Crippen LogP contribution >= 0.6 is 0 Å². The Kier molecular flexibility index (Phi) is 2.28. The summed E-state index contributed by atoms with van der Waals surface area (Å²) in [5, 5.41) is 9.15. The number of hydrogen-bond acceptors (Lipinski definition) is 3. The fraction of sp³-hybridized carbons (Fsp3) is 0.333. The third kappa shape index (κ3) is 1.63. The Balaban J connectivity index is 2.56. The number of H-pyrrole nitrogens is 1. The molecule has 6 heteroatoms. The van der Waals surface area contributed by atoms with Gasteiger partial charge in [-0.15, -0.1) is 0 Å². The molecular formula is C9H9FN2O3. The van der Waals surface area contributed by atoms with Gasteiger partial charge in [-0.2, -0.15) is 0 Å². The van der Waals surface area contributed by atoms with Gasteiger partial charge in [0.2, 0.25) is 0 Å². The highest BCUT2D eigenvalue weighted by Gasteiger charge is 2.25. The van der Waals surface area contributed by atoms with Crippen molar-refractivity contribution in [3.8, 4) is 0 Å². The summed E-state index contributed by atoms with van der Waals surface area (Å²) in [5.41, 5.74) is -1.11. The van der Waals surface area contributed by atoms with E-state index in [1.54, 1.807) is 0 Å². The Morgan fingerprint density at radius 2 is 2.27 bits per heavy atom. The molecule has 0 bridgehead atoms. The van der Waals surface area contributed by atoms with Crippen LogP contribution in [0.3, 0.4) is 0 Å². The molecule has 2 N–H and O–H groups in total. The van der Waals surface area contributed by atoms with Crippen molar-refractivity contribution in [3.63, 3.8) is 0 Å². The predicted molar refractivity (Wildman–Crippen MR) is 50.9 cm³/mol. The van der Waals surface area contributed by atoms with Crippen LogP contribution in [0, 0.1) is 0 Å². The van der Waals surface area contributed by atoms with Crippen molar-refractivity contribution in [2.24, 2.45) is 0 Å². The minimum atomic E-state index is -1.14. The lowest BCUT2D eigenvalue weighted by Crippen LogP contribution is -2.28. The predicted octanol–water partition coefficient (Wildman–Crippen LogP) is -0.171. The van der Waals surface area contributed by atoms with E-state index >= 15 is 0 Å². The van der Waals surface area contributed by atoms with Gasteiger partial charge >= 0.3 is 5.69 Å². The fourth-order valence-electron chi connectivity index (χ4n) is 1.58. The number of allylic oxidation sites excluding steroid dienone is 1. The van der Waals surface area contributed by atoms with Gasteiger partial charge in [0.1, 0.15) is 11.9 Å². The van der Waals surface area contributed by atoms with Crippen LogP contribution in [0.1, 0.15) is 12.8 Å². The third-order valence-corrected chi connectivity index (χ3v) is 2.34. The summed E-state index contributed by atoms with van der Waals surface area (Å²) >= 11 is 0. The molecule has 0 saturated carbocycles. The normalized spacial score (nSPS) is 21.1. The number of nitrogens with one attached hydrogen (secondary N) is 1. The molecule has 0 fully saturated rings. The molecule has 0 aromatic carbocycles. The van der Waals surface area contributed by atoms with Crippen molar-refractivity contribution in [2.45, 2.75) is 18.9 Å². The van der Waals surface area contributed by atoms with E-state index in [1.165, 1.54) is 6.20 Å². The van der Waals surface area contributed by atoms with Gasteiger partial charge < -0.3 is 5.11 Å². The molecule has 15 heavy (non-hydrogen) atoms. The molecule has 0 unspecified atom stereocenters. The molecule has 2 rings (SSSR count). The van der Waals surface area contributed by atoms with Crippen LogP contribution in [0.2, 0.25) is 0 Å². The molecule has 1 aliphatic carbocycles. The van der Waals surface area contributed by atoms with Gasteiger partial charge in [0.25, 0.3) is 5.56 Å². The minimum Gasteiger partial charge on any atom is -0.386 e. The maximum atomic E-state index is 13.3. The molecule has 80 valence electrons. The van der Waals surface area contributed by atoms with Crippen LogP contribution in [0.5, 0.6) is 0 Å². The lowest BCUT2D eigenvalue weighted by atomic mass is 10.3. The zero-order valence-electron chi connectivity index (χ0n) is 7.74. The van der Waals surface area contributed by atoms with Crippen molar-refractivity contribution >= 4 is 5.70 Å². The van der Waals surface area contributed by atoms with Crippen LogP contribution in [0.15, 0.2) is 27.7 Å². The van der Waals surface area contributed by atoms with E-state index in [0.717, 1.165) is 10.6 Å². The molecule has 1 aromatic rings. The van der Waals surface area contributed by atoms with E-state index in [4.69, 9.17) is 5.11 Å². The lowest BCUT2D eigenvalue weighted by Gasteiger charge is -2.04. The first kappa shape index (κ1) is 9.85. The Morgan fingerprint density at radius 1 is 1.53 bits per heavy atom. The van der Waals surface area contributed by atoms with E-state index in [-0.39, 0.29) is 18.5 Å². The van der Waals surface area contributed by atoms with Crippen LogP contribution < -0.4 is 11.2 Å². The molecule has 0 amide bonds. The van der Waals surface area contributed by atoms with Crippen molar-refractivity contribution in [3.05, 3.63) is 38.9 Å². The van der Waals surface area contributed by atoms with E-state index in [9.17, 15) is 14.0 Å². The zero-order valence-corrected chi connectivity index (χ0v) is 7.74. The minimum absolute atomic E-state index is 0.115. The molecule has 1 aromatic heterocycles. The van der Waals surface area contributed by atoms with Crippen LogP contribution in [-0.2, 0) is 0 Å². The molecule has 1 aliphatic rings. The summed E-state index contributed by atoms with van der Waals surface area (Å²) in [6.07, 6.45) is 0.596. The molecule has 0 spiro atoms. The third-order valence-electron chi connectivity index (χ3n) is 2.34. The Bertz CT molecular complexity index is 529. The highest BCUT2D eigenvalue weighted by Crippen LogP contribution is 2.29. The van der Waals surface area contributed by atoms with Gasteiger partial charge in [-0.3, -0.25) is 14.3 Å². The van der Waals surface area contributed by atoms with Gasteiger partial charge in [-0.05, 0) is 12.8 Å². The number of aliphatic hydroxyl groups excluding tert-OH is 1. The van der Waals surface area contributed by atoms with Crippen molar-refractivity contribution in [2.75, 3.05) is 0 Å². The van der Waals surface area contributed by atoms with Gasteiger partial charge in [0, 0.05) is 12.3 Å². The van der Waals surface area contributed by atoms with Crippen molar-refractivity contribution in [1.29, 1.82) is 0 Å². The van der Waals surface area contributed by atoms with Gasteiger partial charge in [-0.1, -0.05) is 0 Å². The number of halogens is 1. The van der Waals surface area contributed by atoms with E-state index in [1.807, 2.05) is 4.98 Å². The van der Waals surface area contributed by atoms with Gasteiger partial charge in [-0.25, -0.2) is 9.18 Å². The monoisotopic (exact) mass is 212 g/mol. The van der Waals surface area contributed by atoms with Gasteiger partial charge in [0.05, 0.1) is 5.70 Å². The van der Waals surface area contributed by atoms with Crippen molar-refractivity contribution in [1.82, 2.24) is 9.55 Å². The number of aliphatic hydroxyl groups is 1. The van der Waals surface area contributed by atoms with Crippen LogP contribution in [0.25, 0.3) is 5.70 Å². The number of hydrogen-bond donors (Lipinski definition) is 2. The second-order valence-electron chi connectivity index (χ2n) is 3.33. The van der Waals surface area contributed by atoms with E-state index < -0.39 is 23.2 Å². The first-order valence-corrected chi connectivity index (χ1v) is 4.48. The van der Waals surface area contributed by atoms with Crippen LogP contribution in [-0.4, -0.2) is 20.8 Å². The molecule has 0 radical (unpaired) electrons. The molecule has 0 aliphatic heterocycles. The number of aromatic nitrogens is 2. The summed E-state index contributed by atoms with van der Waals surface area (Å²) in [4.78, 5) is 24.1. The SMILES string of the molecule is O=c1ccn(C2=C(F)[C@H](O)CC2)c(=O)[nH]1. The molecule has 1 heterocycles. The van der Waals surface area contributed by atoms with Gasteiger partial charge in [0.15, 0.2) is 0 Å². The topological polar surface area (TPSA) is 75.1 Å². The van der Waals surface area contributed by atoms with Crippen molar-refractivity contribution < 1.29 is 9.50 Å². The lowest BCUT2D eigenvalue weighted by molar-refractivity contribution is 0.186. The summed E-state index contributed by atoms with van der Waals surface area (Å²) in [7, 11) is 0. The first-order chi connectivity index (χ1) is 7.09. The molecular weight excluding hydrogens is 203 g/mol. The average molecular weight is 212 g/mol. The second kappa shape index (κ2) is 3.47. The fourth-order valence-corrected chi connectivity index (χ4v) is 1.58. The summed E-state index contributed by atoms with van der Waals surface area (Å²) in [6.45, 7) is 0. The Labute approximate surface area is 83.5 Å². The van der Waals surface area contributed by atoms with E-state index in [0.29, 0.717) is 0 Å².